The first-order valence-electron chi connectivity index (χ1n) is 4.47. The minimum Gasteiger partial charge on any atom is -0.103 e. The lowest BCUT2D eigenvalue weighted by atomic mass is 10.6. The van der Waals surface area contributed by atoms with Crippen molar-refractivity contribution in [2.24, 2.45) is 0 Å². The van der Waals surface area contributed by atoms with Crippen molar-refractivity contribution < 1.29 is 0 Å². The molecule has 0 amide bonds. The first-order valence-corrected chi connectivity index (χ1v) is 4.47. The SMILES string of the molecule is C/C=C\C.C=CC.CC.CC. The molecular weight excluding hydrogens is 132 g/mol. The second-order valence-electron chi connectivity index (χ2n) is 1.07. The highest BCUT2D eigenvalue weighted by Crippen LogP contribution is 1.57. The molecule has 0 radical (unpaired) electrons. The van der Waals surface area contributed by atoms with E-state index in [0.29, 0.717) is 0 Å². The van der Waals surface area contributed by atoms with E-state index in [1.165, 1.54) is 0 Å². The maximum absolute atomic E-state index is 3.36. The van der Waals surface area contributed by atoms with E-state index in [1.807, 2.05) is 60.6 Å². The fourth-order valence-electron chi connectivity index (χ4n) is 0. The van der Waals surface area contributed by atoms with Crippen molar-refractivity contribution in [1.29, 1.82) is 0 Å². The molecule has 11 heavy (non-hydrogen) atoms. The van der Waals surface area contributed by atoms with Crippen molar-refractivity contribution in [2.45, 2.75) is 48.5 Å². The fraction of sp³-hybridized carbons (Fsp3) is 0.636. The normalized spacial score (nSPS) is 5.73. The Bertz CT molecular complexity index is 38.0. The molecule has 0 fully saturated rings. The molecule has 70 valence electrons. The maximum Gasteiger partial charge on any atom is -0.0470 e. The minimum atomic E-state index is 1.75. The summed E-state index contributed by atoms with van der Waals surface area (Å²) in [5.74, 6) is 0. The smallest absolute Gasteiger partial charge is 0.0470 e. The largest absolute Gasteiger partial charge is 0.103 e. The summed E-state index contributed by atoms with van der Waals surface area (Å²) in [7, 11) is 0. The van der Waals surface area contributed by atoms with E-state index in [4.69, 9.17) is 0 Å². The average Bonchev–Trinajstić information content (AvgIpc) is 2.12. The monoisotopic (exact) mass is 158 g/mol. The quantitative estimate of drug-likeness (QED) is 0.443. The Morgan fingerprint density at radius 2 is 0.818 bits per heavy atom. The third-order valence-corrected chi connectivity index (χ3v) is 0.333. The van der Waals surface area contributed by atoms with Crippen molar-refractivity contribution >= 4 is 0 Å². The van der Waals surface area contributed by atoms with Crippen LogP contribution in [0, 0.1) is 0 Å². The van der Waals surface area contributed by atoms with Crippen LogP contribution in [0.2, 0.25) is 0 Å². The van der Waals surface area contributed by atoms with Crippen molar-refractivity contribution in [3.05, 3.63) is 24.8 Å². The van der Waals surface area contributed by atoms with E-state index in [1.54, 1.807) is 6.08 Å². The lowest BCUT2D eigenvalue weighted by Gasteiger charge is -1.49. The molecule has 0 nitrogen and oxygen atoms in total. The van der Waals surface area contributed by atoms with Gasteiger partial charge >= 0.3 is 0 Å². The summed E-state index contributed by atoms with van der Waals surface area (Å²) in [4.78, 5) is 0. The standard InChI is InChI=1S/C4H8.C3H6.2C2H6/c1-3-4-2;1-3-2;2*1-2/h3-4H,1-2H3;3H,1H2,2H3;2*1-2H3/b4-3-;;;. The molecule has 0 aromatic rings. The van der Waals surface area contributed by atoms with Crippen LogP contribution in [0.15, 0.2) is 24.8 Å². The molecule has 0 aromatic heterocycles. The van der Waals surface area contributed by atoms with Crippen LogP contribution < -0.4 is 0 Å². The molecule has 0 unspecified atom stereocenters. The first-order chi connectivity index (χ1) is 5.33. The Morgan fingerprint density at radius 1 is 0.727 bits per heavy atom. The van der Waals surface area contributed by atoms with Crippen LogP contribution >= 0.6 is 0 Å². The zero-order valence-corrected chi connectivity index (χ0v) is 9.44. The van der Waals surface area contributed by atoms with Gasteiger partial charge in [-0.25, -0.2) is 0 Å². The lowest BCUT2D eigenvalue weighted by Crippen LogP contribution is -1.26. The van der Waals surface area contributed by atoms with Crippen LogP contribution in [0.1, 0.15) is 48.5 Å². The molecule has 0 aliphatic heterocycles. The molecule has 0 N–H and O–H groups in total. The Kier molecular flexibility index (Phi) is 226. The van der Waals surface area contributed by atoms with E-state index in [0.717, 1.165) is 0 Å². The van der Waals surface area contributed by atoms with Crippen LogP contribution in [-0.4, -0.2) is 0 Å². The van der Waals surface area contributed by atoms with Crippen LogP contribution in [0.3, 0.4) is 0 Å². The highest BCUT2D eigenvalue weighted by molar-refractivity contribution is 4.68. The van der Waals surface area contributed by atoms with Gasteiger partial charge in [0, 0.05) is 0 Å². The summed E-state index contributed by atoms with van der Waals surface area (Å²) in [6.07, 6.45) is 5.75. The molecule has 0 heteroatoms. The van der Waals surface area contributed by atoms with Crippen LogP contribution in [0.5, 0.6) is 0 Å². The highest BCUT2D eigenvalue weighted by atomic mass is 13.4. The van der Waals surface area contributed by atoms with Crippen molar-refractivity contribution in [2.75, 3.05) is 0 Å². The zero-order valence-electron chi connectivity index (χ0n) is 9.44. The molecule has 0 atom stereocenters. The lowest BCUT2D eigenvalue weighted by molar-refractivity contribution is 1.50. The van der Waals surface area contributed by atoms with Crippen molar-refractivity contribution in [3.63, 3.8) is 0 Å². The molecule has 0 rings (SSSR count). The van der Waals surface area contributed by atoms with Gasteiger partial charge in [-0.1, -0.05) is 45.9 Å². The van der Waals surface area contributed by atoms with Crippen LogP contribution in [0.4, 0.5) is 0 Å². The van der Waals surface area contributed by atoms with Gasteiger partial charge in [0.05, 0.1) is 0 Å². The third kappa shape index (κ3) is 2300. The molecule has 0 saturated carbocycles. The maximum atomic E-state index is 3.36. The molecule has 0 aliphatic carbocycles. The van der Waals surface area contributed by atoms with Gasteiger partial charge in [0.1, 0.15) is 0 Å². The van der Waals surface area contributed by atoms with Gasteiger partial charge < -0.3 is 0 Å². The Hall–Kier alpha value is -0.520. The molecule has 0 aliphatic rings. The average molecular weight is 158 g/mol. The topological polar surface area (TPSA) is 0 Å². The van der Waals surface area contributed by atoms with Gasteiger partial charge in [0.25, 0.3) is 0 Å². The van der Waals surface area contributed by atoms with Gasteiger partial charge in [-0.2, -0.15) is 0 Å². The fourth-order valence-corrected chi connectivity index (χ4v) is 0. The second kappa shape index (κ2) is 111. The molecule has 0 aromatic carbocycles. The molecule has 0 saturated heterocycles. The number of rotatable bonds is 0. The first kappa shape index (κ1) is 22.4. The van der Waals surface area contributed by atoms with Crippen LogP contribution in [-0.2, 0) is 0 Å². The highest BCUT2D eigenvalue weighted by Gasteiger charge is 1.34. The number of allylic oxidation sites excluding steroid dienone is 3. The Balaban J connectivity index is -0.0000000315. The number of hydrogen-bond donors (Lipinski definition) is 0. The summed E-state index contributed by atoms with van der Waals surface area (Å²) >= 11 is 0. The molecule has 0 heterocycles. The van der Waals surface area contributed by atoms with Crippen molar-refractivity contribution in [3.8, 4) is 0 Å². The van der Waals surface area contributed by atoms with Crippen LogP contribution in [0.25, 0.3) is 0 Å². The molecular formula is C11H26. The molecule has 0 spiro atoms. The summed E-state index contributed by atoms with van der Waals surface area (Å²) in [5, 5.41) is 0. The zero-order chi connectivity index (χ0) is 10.1. The van der Waals surface area contributed by atoms with E-state index < -0.39 is 0 Å². The predicted octanol–water partition coefficient (Wildman–Crippen LogP) is 4.83. The van der Waals surface area contributed by atoms with Gasteiger partial charge in [0.2, 0.25) is 0 Å². The van der Waals surface area contributed by atoms with Gasteiger partial charge in [-0.3, -0.25) is 0 Å². The Morgan fingerprint density at radius 3 is 0.818 bits per heavy atom. The summed E-state index contributed by atoms with van der Waals surface area (Å²) in [5.41, 5.74) is 0. The Labute approximate surface area is 74.0 Å². The molecule has 0 bridgehead atoms. The van der Waals surface area contributed by atoms with E-state index >= 15 is 0 Å². The number of hydrogen-bond acceptors (Lipinski definition) is 0. The van der Waals surface area contributed by atoms with Crippen molar-refractivity contribution in [1.82, 2.24) is 0 Å². The summed E-state index contributed by atoms with van der Waals surface area (Å²) in [6, 6.07) is 0. The predicted molar refractivity (Wildman–Crippen MR) is 59.1 cm³/mol. The minimum absolute atomic E-state index is 1.75. The van der Waals surface area contributed by atoms with E-state index in [9.17, 15) is 0 Å². The summed E-state index contributed by atoms with van der Waals surface area (Å²) < 4.78 is 0. The second-order valence-corrected chi connectivity index (χ2v) is 1.07. The van der Waals surface area contributed by atoms with E-state index in [-0.39, 0.29) is 0 Å². The van der Waals surface area contributed by atoms with E-state index in [2.05, 4.69) is 6.58 Å². The summed E-state index contributed by atoms with van der Waals surface area (Å²) in [6.45, 7) is 17.2. The van der Waals surface area contributed by atoms with Gasteiger partial charge in [-0.15, -0.1) is 6.58 Å². The van der Waals surface area contributed by atoms with Gasteiger partial charge in [0.15, 0.2) is 0 Å². The third-order valence-electron chi connectivity index (χ3n) is 0.333. The van der Waals surface area contributed by atoms with Gasteiger partial charge in [-0.05, 0) is 20.8 Å².